The quantitative estimate of drug-likeness (QED) is 0.616. The molecular formula is C13H17ClO6. The van der Waals surface area contributed by atoms with Gasteiger partial charge in [-0.25, -0.2) is 0 Å². The maximum Gasteiger partial charge on any atom is 0.186 e. The fourth-order valence-electron chi connectivity index (χ4n) is 2.09. The van der Waals surface area contributed by atoms with Crippen molar-refractivity contribution in [1.82, 2.24) is 0 Å². The Bertz CT molecular complexity index is 443. The summed E-state index contributed by atoms with van der Waals surface area (Å²) in [5.74, 6) is 0. The van der Waals surface area contributed by atoms with Gasteiger partial charge in [0.2, 0.25) is 0 Å². The van der Waals surface area contributed by atoms with Gasteiger partial charge < -0.3 is 29.9 Å². The molecule has 1 heterocycles. The summed E-state index contributed by atoms with van der Waals surface area (Å²) in [6.45, 7) is -1.02. The number of hydrogen-bond acceptors (Lipinski definition) is 6. The van der Waals surface area contributed by atoms with Gasteiger partial charge in [-0.15, -0.1) is 0 Å². The highest BCUT2D eigenvalue weighted by Gasteiger charge is 2.42. The molecule has 112 valence electrons. The Labute approximate surface area is 121 Å². The number of benzene rings is 1. The van der Waals surface area contributed by atoms with Crippen molar-refractivity contribution in [3.8, 4) is 0 Å². The molecule has 1 aromatic carbocycles. The van der Waals surface area contributed by atoms with Crippen molar-refractivity contribution in [3.63, 3.8) is 0 Å². The molecule has 5 atom stereocenters. The van der Waals surface area contributed by atoms with E-state index in [1.807, 2.05) is 0 Å². The number of aliphatic hydroxyl groups excluding tert-OH is 4. The Morgan fingerprint density at radius 3 is 2.50 bits per heavy atom. The van der Waals surface area contributed by atoms with E-state index in [9.17, 15) is 15.3 Å². The molecular weight excluding hydrogens is 288 g/mol. The van der Waals surface area contributed by atoms with Gasteiger partial charge in [-0.2, -0.15) is 0 Å². The van der Waals surface area contributed by atoms with Crippen LogP contribution in [0.4, 0.5) is 0 Å². The van der Waals surface area contributed by atoms with Crippen molar-refractivity contribution < 1.29 is 29.9 Å². The molecule has 0 spiro atoms. The molecule has 1 saturated heterocycles. The zero-order valence-corrected chi connectivity index (χ0v) is 11.3. The van der Waals surface area contributed by atoms with Crippen LogP contribution in [-0.2, 0) is 9.47 Å². The first-order valence-electron chi connectivity index (χ1n) is 6.21. The van der Waals surface area contributed by atoms with Crippen molar-refractivity contribution in [2.75, 3.05) is 13.2 Å². The average Bonchev–Trinajstić information content (AvgIpc) is 2.47. The lowest BCUT2D eigenvalue weighted by atomic mass is 10.0. The lowest BCUT2D eigenvalue weighted by molar-refractivity contribution is -0.310. The van der Waals surface area contributed by atoms with Crippen LogP contribution < -0.4 is 0 Å². The third kappa shape index (κ3) is 3.12. The highest BCUT2D eigenvalue weighted by Crippen LogP contribution is 2.34. The minimum absolute atomic E-state index is 0.405. The van der Waals surface area contributed by atoms with Gasteiger partial charge in [0.15, 0.2) is 6.29 Å². The van der Waals surface area contributed by atoms with Gasteiger partial charge in [0, 0.05) is 10.6 Å². The third-order valence-corrected chi connectivity index (χ3v) is 3.55. The summed E-state index contributed by atoms with van der Waals surface area (Å²) in [5.41, 5.74) is 0.523. The van der Waals surface area contributed by atoms with E-state index >= 15 is 0 Å². The van der Waals surface area contributed by atoms with E-state index in [2.05, 4.69) is 0 Å². The molecule has 0 saturated carbocycles. The summed E-state index contributed by atoms with van der Waals surface area (Å²) in [4.78, 5) is 0. The summed E-state index contributed by atoms with van der Waals surface area (Å²) in [6.07, 6.45) is -5.48. The van der Waals surface area contributed by atoms with Gasteiger partial charge in [-0.1, -0.05) is 29.8 Å². The summed E-state index contributed by atoms with van der Waals surface area (Å²) < 4.78 is 10.9. The van der Waals surface area contributed by atoms with Crippen LogP contribution in [0.25, 0.3) is 0 Å². The fourth-order valence-corrected chi connectivity index (χ4v) is 2.32. The number of halogens is 1. The maximum absolute atomic E-state index is 9.95. The molecule has 7 heteroatoms. The van der Waals surface area contributed by atoms with Gasteiger partial charge in [0.05, 0.1) is 13.2 Å². The molecule has 1 fully saturated rings. The van der Waals surface area contributed by atoms with Crippen molar-refractivity contribution in [1.29, 1.82) is 0 Å². The van der Waals surface area contributed by atoms with Gasteiger partial charge in [-0.3, -0.25) is 0 Å². The van der Waals surface area contributed by atoms with E-state index in [-0.39, 0.29) is 0 Å². The Morgan fingerprint density at radius 2 is 1.90 bits per heavy atom. The standard InChI is InChI=1S/C13H17ClO6/c14-8-4-2-1-3-7(8)13-19-10(6-16)11(18)12(20-13)9(17)5-15/h1-4,9-13,15-18H,5-6H2/t9-,10+,11+,12+,13?/m0/s1. The van der Waals surface area contributed by atoms with Crippen molar-refractivity contribution >= 4 is 11.6 Å². The van der Waals surface area contributed by atoms with Gasteiger partial charge in [0.25, 0.3) is 0 Å². The summed E-state index contributed by atoms with van der Waals surface area (Å²) in [6, 6.07) is 6.82. The van der Waals surface area contributed by atoms with Crippen LogP contribution in [0.2, 0.25) is 5.02 Å². The van der Waals surface area contributed by atoms with E-state index in [1.165, 1.54) is 0 Å². The van der Waals surface area contributed by atoms with Crippen LogP contribution in [0.3, 0.4) is 0 Å². The first-order chi connectivity index (χ1) is 9.58. The lowest BCUT2D eigenvalue weighted by Crippen LogP contribution is -2.54. The lowest BCUT2D eigenvalue weighted by Gasteiger charge is -2.40. The van der Waals surface area contributed by atoms with Crippen LogP contribution in [0.5, 0.6) is 0 Å². The number of rotatable bonds is 4. The van der Waals surface area contributed by atoms with E-state index in [0.29, 0.717) is 10.6 Å². The second kappa shape index (κ2) is 6.82. The van der Waals surface area contributed by atoms with E-state index in [1.54, 1.807) is 24.3 Å². The van der Waals surface area contributed by atoms with Crippen LogP contribution >= 0.6 is 11.6 Å². The SMILES string of the molecule is OC[C@H](O)[C@H]1OC(c2ccccc2Cl)O[C@H](CO)[C@H]1O. The molecule has 1 aliphatic heterocycles. The molecule has 0 radical (unpaired) electrons. The summed E-state index contributed by atoms with van der Waals surface area (Å²) in [5, 5.41) is 38.3. The van der Waals surface area contributed by atoms with Crippen LogP contribution in [-0.4, -0.2) is 58.1 Å². The minimum Gasteiger partial charge on any atom is -0.394 e. The van der Waals surface area contributed by atoms with Gasteiger partial charge in [-0.05, 0) is 6.07 Å². The molecule has 0 bridgehead atoms. The molecule has 20 heavy (non-hydrogen) atoms. The molecule has 0 aromatic heterocycles. The van der Waals surface area contributed by atoms with Crippen molar-refractivity contribution in [3.05, 3.63) is 34.9 Å². The third-order valence-electron chi connectivity index (χ3n) is 3.20. The zero-order valence-electron chi connectivity index (χ0n) is 10.6. The van der Waals surface area contributed by atoms with Crippen LogP contribution in [0, 0.1) is 0 Å². The fraction of sp³-hybridized carbons (Fsp3) is 0.538. The number of hydrogen-bond donors (Lipinski definition) is 4. The Hall–Kier alpha value is -0.730. The molecule has 4 N–H and O–H groups in total. The topological polar surface area (TPSA) is 99.4 Å². The number of ether oxygens (including phenoxy) is 2. The molecule has 0 aliphatic carbocycles. The molecule has 6 nitrogen and oxygen atoms in total. The van der Waals surface area contributed by atoms with Crippen molar-refractivity contribution in [2.45, 2.75) is 30.7 Å². The van der Waals surface area contributed by atoms with E-state index in [4.69, 9.17) is 26.2 Å². The minimum atomic E-state index is -1.28. The predicted octanol–water partition coefficient (Wildman–Crippen LogP) is -0.171. The maximum atomic E-state index is 9.95. The Balaban J connectivity index is 2.25. The monoisotopic (exact) mass is 304 g/mol. The molecule has 0 amide bonds. The summed E-state index contributed by atoms with van der Waals surface area (Å²) >= 11 is 6.05. The first-order valence-corrected chi connectivity index (χ1v) is 6.59. The highest BCUT2D eigenvalue weighted by atomic mass is 35.5. The molecule has 2 rings (SSSR count). The molecule has 1 aliphatic rings. The molecule has 1 aromatic rings. The van der Waals surface area contributed by atoms with Crippen molar-refractivity contribution in [2.24, 2.45) is 0 Å². The van der Waals surface area contributed by atoms with Crippen LogP contribution in [0.1, 0.15) is 11.9 Å². The van der Waals surface area contributed by atoms with Crippen LogP contribution in [0.15, 0.2) is 24.3 Å². The average molecular weight is 305 g/mol. The molecule has 1 unspecified atom stereocenters. The van der Waals surface area contributed by atoms with Gasteiger partial charge >= 0.3 is 0 Å². The predicted molar refractivity (Wildman–Crippen MR) is 70.1 cm³/mol. The second-order valence-electron chi connectivity index (χ2n) is 4.55. The van der Waals surface area contributed by atoms with E-state index in [0.717, 1.165) is 0 Å². The second-order valence-corrected chi connectivity index (χ2v) is 4.96. The summed E-state index contributed by atoms with van der Waals surface area (Å²) in [7, 11) is 0. The number of aliphatic hydroxyl groups is 4. The van der Waals surface area contributed by atoms with E-state index < -0.39 is 43.9 Å². The Kier molecular flexibility index (Phi) is 5.34. The normalized spacial score (nSPS) is 32.0. The van der Waals surface area contributed by atoms with Gasteiger partial charge in [0.1, 0.15) is 24.4 Å². The first kappa shape index (κ1) is 15.7. The highest BCUT2D eigenvalue weighted by molar-refractivity contribution is 6.31. The smallest absolute Gasteiger partial charge is 0.186 e. The Morgan fingerprint density at radius 1 is 1.20 bits per heavy atom. The largest absolute Gasteiger partial charge is 0.394 e. The zero-order chi connectivity index (χ0) is 14.7.